The lowest BCUT2D eigenvalue weighted by atomic mass is 10.2. The van der Waals surface area contributed by atoms with E-state index in [4.69, 9.17) is 9.47 Å². The van der Waals surface area contributed by atoms with Crippen molar-refractivity contribution in [2.24, 2.45) is 0 Å². The molecule has 0 saturated carbocycles. The Morgan fingerprint density at radius 1 is 0.889 bits per heavy atom. The highest BCUT2D eigenvalue weighted by Gasteiger charge is 2.13. The lowest BCUT2D eigenvalue weighted by Gasteiger charge is -2.21. The molecule has 0 amide bonds. The summed E-state index contributed by atoms with van der Waals surface area (Å²) in [5.41, 5.74) is 0.233. The molecule has 27 heavy (non-hydrogen) atoms. The Morgan fingerprint density at radius 2 is 1.41 bits per heavy atom. The minimum Gasteiger partial charge on any atom is -0.488 e. The van der Waals surface area contributed by atoms with Crippen LogP contribution in [-0.2, 0) is 4.79 Å². The molecule has 4 nitrogen and oxygen atoms in total. The molecule has 0 radical (unpaired) electrons. The number of Topliss-reactive ketones (excluding diaryl/α,β-unsaturated/α-hetero) is 1. The van der Waals surface area contributed by atoms with Crippen LogP contribution in [0.1, 0.15) is 65.2 Å². The molecule has 0 unspecified atom stereocenters. The van der Waals surface area contributed by atoms with Gasteiger partial charge in [-0.15, -0.1) is 0 Å². The summed E-state index contributed by atoms with van der Waals surface area (Å²) < 4.78 is 11.1. The number of ketones is 1. The molecule has 4 heteroatoms. The first-order chi connectivity index (χ1) is 12.7. The number of benzene rings is 2. The second-order valence-electron chi connectivity index (χ2n) is 6.50. The smallest absolute Gasteiger partial charge is 0.343 e. The largest absolute Gasteiger partial charge is 0.488 e. The standard InChI is InChI=1S/C17H18O3.C4H8O.C2H6/c1-17(2,3)20-15-11-7-10-14(12-15)19-16(18)13-8-5-4-6-9-13;1-3-4(2)5;1-2/h4-12H,1-3H3;3H2,1-2H3;1-2H3. The predicted molar refractivity (Wildman–Crippen MR) is 111 cm³/mol. The second-order valence-corrected chi connectivity index (χ2v) is 6.50. The van der Waals surface area contributed by atoms with Crippen LogP contribution >= 0.6 is 0 Å². The van der Waals surface area contributed by atoms with Crippen LogP contribution < -0.4 is 9.47 Å². The highest BCUT2D eigenvalue weighted by molar-refractivity contribution is 5.91. The number of rotatable bonds is 4. The van der Waals surface area contributed by atoms with Gasteiger partial charge in [-0.1, -0.05) is 45.0 Å². The van der Waals surface area contributed by atoms with Crippen molar-refractivity contribution in [1.82, 2.24) is 0 Å². The summed E-state index contributed by atoms with van der Waals surface area (Å²) in [7, 11) is 0. The Balaban J connectivity index is 0.000000838. The third-order valence-corrected chi connectivity index (χ3v) is 2.95. The average Bonchev–Trinajstić information content (AvgIpc) is 2.63. The van der Waals surface area contributed by atoms with Crippen LogP contribution in [0, 0.1) is 0 Å². The summed E-state index contributed by atoms with van der Waals surface area (Å²) in [5.74, 6) is 1.03. The van der Waals surface area contributed by atoms with E-state index >= 15 is 0 Å². The Hall–Kier alpha value is -2.62. The molecular formula is C23H32O4. The summed E-state index contributed by atoms with van der Waals surface area (Å²) in [6.07, 6.45) is 0.667. The molecule has 0 fully saturated rings. The van der Waals surface area contributed by atoms with Crippen LogP contribution in [0.2, 0.25) is 0 Å². The summed E-state index contributed by atoms with van der Waals surface area (Å²) in [5, 5.41) is 0. The topological polar surface area (TPSA) is 52.6 Å². The summed E-state index contributed by atoms with van der Waals surface area (Å²) >= 11 is 0. The third-order valence-electron chi connectivity index (χ3n) is 2.95. The lowest BCUT2D eigenvalue weighted by molar-refractivity contribution is -0.116. The Bertz CT molecular complexity index is 685. The maximum Gasteiger partial charge on any atom is 0.343 e. The van der Waals surface area contributed by atoms with Crippen molar-refractivity contribution >= 4 is 11.8 Å². The zero-order valence-electron chi connectivity index (χ0n) is 17.5. The van der Waals surface area contributed by atoms with Gasteiger partial charge >= 0.3 is 5.97 Å². The zero-order chi connectivity index (χ0) is 20.9. The molecule has 2 aromatic rings. The van der Waals surface area contributed by atoms with Crippen molar-refractivity contribution in [2.45, 2.75) is 60.5 Å². The quantitative estimate of drug-likeness (QED) is 0.481. The Kier molecular flexibility index (Phi) is 11.5. The SMILES string of the molecule is CC.CC(C)(C)Oc1cccc(OC(=O)c2ccccc2)c1.CCC(C)=O. The van der Waals surface area contributed by atoms with Crippen LogP contribution in [0.25, 0.3) is 0 Å². The number of carbonyl (C=O) groups excluding carboxylic acids is 2. The van der Waals surface area contributed by atoms with E-state index in [0.29, 0.717) is 23.5 Å². The van der Waals surface area contributed by atoms with E-state index in [1.807, 2.05) is 53.7 Å². The molecular weight excluding hydrogens is 340 g/mol. The van der Waals surface area contributed by atoms with Crippen molar-refractivity contribution in [3.63, 3.8) is 0 Å². The summed E-state index contributed by atoms with van der Waals surface area (Å²) in [6.45, 7) is 13.3. The summed E-state index contributed by atoms with van der Waals surface area (Å²) in [6, 6.07) is 16.0. The molecule has 0 aliphatic heterocycles. The van der Waals surface area contributed by atoms with Gasteiger partial charge in [0, 0.05) is 12.5 Å². The zero-order valence-corrected chi connectivity index (χ0v) is 17.5. The highest BCUT2D eigenvalue weighted by atomic mass is 16.5. The first-order valence-corrected chi connectivity index (χ1v) is 9.27. The molecule has 0 aliphatic rings. The molecule has 2 aromatic carbocycles. The van der Waals surface area contributed by atoms with Crippen LogP contribution in [-0.4, -0.2) is 17.4 Å². The summed E-state index contributed by atoms with van der Waals surface area (Å²) in [4.78, 5) is 21.8. The van der Waals surface area contributed by atoms with Crippen molar-refractivity contribution < 1.29 is 19.1 Å². The van der Waals surface area contributed by atoms with E-state index in [9.17, 15) is 9.59 Å². The normalized spacial score (nSPS) is 9.74. The van der Waals surface area contributed by atoms with E-state index in [1.165, 1.54) is 0 Å². The van der Waals surface area contributed by atoms with Gasteiger partial charge in [-0.2, -0.15) is 0 Å². The number of carbonyl (C=O) groups is 2. The van der Waals surface area contributed by atoms with Crippen molar-refractivity contribution in [3.05, 3.63) is 60.2 Å². The average molecular weight is 373 g/mol. The minimum atomic E-state index is -0.376. The fourth-order valence-corrected chi connectivity index (χ4v) is 1.69. The number of hydrogen-bond donors (Lipinski definition) is 0. The van der Waals surface area contributed by atoms with Crippen molar-refractivity contribution in [2.75, 3.05) is 0 Å². The fraction of sp³-hybridized carbons (Fsp3) is 0.391. The maximum atomic E-state index is 11.9. The number of hydrogen-bond acceptors (Lipinski definition) is 4. The van der Waals surface area contributed by atoms with Crippen LogP contribution in [0.15, 0.2) is 54.6 Å². The second kappa shape index (κ2) is 12.7. The van der Waals surface area contributed by atoms with Crippen molar-refractivity contribution in [3.8, 4) is 11.5 Å². The van der Waals surface area contributed by atoms with Gasteiger partial charge in [0.1, 0.15) is 22.9 Å². The molecule has 0 atom stereocenters. The Labute approximate surface area is 163 Å². The molecule has 148 valence electrons. The molecule has 0 aromatic heterocycles. The molecule has 0 bridgehead atoms. The van der Waals surface area contributed by atoms with Gasteiger partial charge in [0.2, 0.25) is 0 Å². The molecule has 2 rings (SSSR count). The molecule has 0 aliphatic carbocycles. The van der Waals surface area contributed by atoms with Gasteiger partial charge in [0.25, 0.3) is 0 Å². The molecule has 0 N–H and O–H groups in total. The number of esters is 1. The van der Waals surface area contributed by atoms with E-state index in [1.54, 1.807) is 49.4 Å². The first kappa shape index (κ1) is 24.4. The molecule has 0 saturated heterocycles. The Morgan fingerprint density at radius 3 is 1.89 bits per heavy atom. The first-order valence-electron chi connectivity index (χ1n) is 9.27. The van der Waals surface area contributed by atoms with Gasteiger partial charge in [0.05, 0.1) is 5.56 Å². The predicted octanol–water partition coefficient (Wildman–Crippen LogP) is 6.09. The van der Waals surface area contributed by atoms with Crippen LogP contribution in [0.4, 0.5) is 0 Å². The van der Waals surface area contributed by atoms with Gasteiger partial charge < -0.3 is 14.3 Å². The van der Waals surface area contributed by atoms with Gasteiger partial charge in [-0.05, 0) is 52.0 Å². The fourth-order valence-electron chi connectivity index (χ4n) is 1.69. The van der Waals surface area contributed by atoms with Crippen LogP contribution in [0.5, 0.6) is 11.5 Å². The number of ether oxygens (including phenoxy) is 2. The highest BCUT2D eigenvalue weighted by Crippen LogP contribution is 2.23. The monoisotopic (exact) mass is 372 g/mol. The maximum absolute atomic E-state index is 11.9. The van der Waals surface area contributed by atoms with Gasteiger partial charge in [-0.3, -0.25) is 0 Å². The van der Waals surface area contributed by atoms with E-state index < -0.39 is 0 Å². The minimum absolute atomic E-state index is 0.255. The van der Waals surface area contributed by atoms with E-state index in [0.717, 1.165) is 0 Å². The van der Waals surface area contributed by atoms with Gasteiger partial charge in [0.15, 0.2) is 0 Å². The van der Waals surface area contributed by atoms with Crippen molar-refractivity contribution in [1.29, 1.82) is 0 Å². The third kappa shape index (κ3) is 11.6. The lowest BCUT2D eigenvalue weighted by Crippen LogP contribution is -2.22. The van der Waals surface area contributed by atoms with Crippen LogP contribution in [0.3, 0.4) is 0 Å². The van der Waals surface area contributed by atoms with E-state index in [2.05, 4.69) is 0 Å². The molecule has 0 spiro atoms. The van der Waals surface area contributed by atoms with E-state index in [-0.39, 0.29) is 17.4 Å². The molecule has 0 heterocycles. The van der Waals surface area contributed by atoms with Gasteiger partial charge in [-0.25, -0.2) is 4.79 Å².